The summed E-state index contributed by atoms with van der Waals surface area (Å²) in [7, 11) is -3.88. The number of nitrogens with one attached hydrogen (secondary N) is 1. The van der Waals surface area contributed by atoms with Gasteiger partial charge in [-0.1, -0.05) is 0 Å². The van der Waals surface area contributed by atoms with Crippen LogP contribution in [0.15, 0.2) is 17.0 Å². The summed E-state index contributed by atoms with van der Waals surface area (Å²) in [5, 5.41) is 10.7. The van der Waals surface area contributed by atoms with Gasteiger partial charge in [-0.25, -0.2) is 13.1 Å². The van der Waals surface area contributed by atoms with Crippen LogP contribution in [0.3, 0.4) is 0 Å². The summed E-state index contributed by atoms with van der Waals surface area (Å²) in [6.07, 6.45) is 0.715. The van der Waals surface area contributed by atoms with Crippen LogP contribution in [-0.2, 0) is 10.0 Å². The maximum atomic E-state index is 13.4. The topological polar surface area (TPSA) is 89.3 Å². The van der Waals surface area contributed by atoms with E-state index in [-0.39, 0.29) is 16.5 Å². The van der Waals surface area contributed by atoms with Crippen LogP contribution in [0.5, 0.6) is 0 Å². The Kier molecular flexibility index (Phi) is 4.31. The highest BCUT2D eigenvalue weighted by molar-refractivity contribution is 7.99. The molecule has 0 bridgehead atoms. The van der Waals surface area contributed by atoms with Gasteiger partial charge in [0, 0.05) is 17.9 Å². The molecule has 1 N–H and O–H groups in total. The number of benzene rings is 1. The van der Waals surface area contributed by atoms with E-state index in [9.17, 15) is 22.9 Å². The third kappa shape index (κ3) is 3.10. The first-order chi connectivity index (χ1) is 9.31. The van der Waals surface area contributed by atoms with Crippen molar-refractivity contribution in [3.8, 4) is 0 Å². The first-order valence-corrected chi connectivity index (χ1v) is 8.49. The molecule has 0 aromatic heterocycles. The van der Waals surface area contributed by atoms with Gasteiger partial charge in [0.05, 0.1) is 9.82 Å². The molecule has 1 saturated heterocycles. The largest absolute Gasteiger partial charge is 0.306 e. The Morgan fingerprint density at radius 3 is 2.75 bits per heavy atom. The lowest BCUT2D eigenvalue weighted by Crippen LogP contribution is -2.35. The number of halogens is 1. The minimum atomic E-state index is -3.88. The summed E-state index contributed by atoms with van der Waals surface area (Å²) in [5.41, 5.74) is -0.692. The number of nitro groups is 1. The van der Waals surface area contributed by atoms with Crippen molar-refractivity contribution in [2.75, 3.05) is 11.5 Å². The monoisotopic (exact) mass is 320 g/mol. The maximum Gasteiger partial charge on any atom is 0.306 e. The van der Waals surface area contributed by atoms with E-state index in [1.54, 1.807) is 11.8 Å². The SMILES string of the molecule is Cc1cc(F)c([N+](=O)[O-])cc1S(=O)(=O)NC1CCSC1. The molecule has 1 heterocycles. The fourth-order valence-electron chi connectivity index (χ4n) is 1.98. The van der Waals surface area contributed by atoms with Gasteiger partial charge >= 0.3 is 5.69 Å². The van der Waals surface area contributed by atoms with Crippen molar-refractivity contribution in [1.29, 1.82) is 0 Å². The Bertz CT molecular complexity index is 642. The van der Waals surface area contributed by atoms with Crippen molar-refractivity contribution in [1.82, 2.24) is 4.72 Å². The third-order valence-corrected chi connectivity index (χ3v) is 5.81. The molecule has 1 aromatic carbocycles. The second kappa shape index (κ2) is 5.66. The summed E-state index contributed by atoms with van der Waals surface area (Å²) >= 11 is 1.64. The number of sulfonamides is 1. The van der Waals surface area contributed by atoms with E-state index in [2.05, 4.69) is 4.72 Å². The smallest absolute Gasteiger partial charge is 0.258 e. The molecular formula is C11H13FN2O4S2. The van der Waals surface area contributed by atoms with Gasteiger partial charge in [-0.3, -0.25) is 10.1 Å². The summed E-state index contributed by atoms with van der Waals surface area (Å²) < 4.78 is 40.4. The molecule has 20 heavy (non-hydrogen) atoms. The highest BCUT2D eigenvalue weighted by Crippen LogP contribution is 2.26. The van der Waals surface area contributed by atoms with E-state index in [1.165, 1.54) is 6.92 Å². The summed E-state index contributed by atoms with van der Waals surface area (Å²) in [5.74, 6) is 0.500. The van der Waals surface area contributed by atoms with Gasteiger partial charge in [0.15, 0.2) is 0 Å². The zero-order valence-corrected chi connectivity index (χ0v) is 12.3. The molecule has 1 aliphatic rings. The van der Waals surface area contributed by atoms with Crippen LogP contribution in [0, 0.1) is 22.9 Å². The average Bonchev–Trinajstić information content (AvgIpc) is 2.79. The minimum Gasteiger partial charge on any atom is -0.258 e. The van der Waals surface area contributed by atoms with Gasteiger partial charge in [-0.15, -0.1) is 0 Å². The normalized spacial score (nSPS) is 19.2. The third-order valence-electron chi connectivity index (χ3n) is 2.98. The highest BCUT2D eigenvalue weighted by atomic mass is 32.2. The van der Waals surface area contributed by atoms with E-state index in [0.29, 0.717) is 12.2 Å². The fraction of sp³-hybridized carbons (Fsp3) is 0.455. The number of thioether (sulfide) groups is 1. The fourth-order valence-corrected chi connectivity index (χ4v) is 4.76. The maximum absolute atomic E-state index is 13.4. The Morgan fingerprint density at radius 1 is 1.50 bits per heavy atom. The van der Waals surface area contributed by atoms with Gasteiger partial charge in [0.25, 0.3) is 0 Å². The first-order valence-electron chi connectivity index (χ1n) is 5.86. The van der Waals surface area contributed by atoms with Crippen molar-refractivity contribution in [2.24, 2.45) is 0 Å². The van der Waals surface area contributed by atoms with Crippen molar-refractivity contribution < 1.29 is 17.7 Å². The van der Waals surface area contributed by atoms with Crippen LogP contribution in [0.2, 0.25) is 0 Å². The second-order valence-electron chi connectivity index (χ2n) is 4.51. The van der Waals surface area contributed by atoms with Gasteiger partial charge in [-0.05, 0) is 30.7 Å². The molecule has 9 heteroatoms. The number of hydrogen-bond donors (Lipinski definition) is 1. The molecule has 1 aliphatic heterocycles. The number of rotatable bonds is 4. The van der Waals surface area contributed by atoms with E-state index in [4.69, 9.17) is 0 Å². The molecule has 0 saturated carbocycles. The van der Waals surface area contributed by atoms with Gasteiger partial charge in [0.1, 0.15) is 0 Å². The second-order valence-corrected chi connectivity index (χ2v) is 7.34. The van der Waals surface area contributed by atoms with Crippen LogP contribution < -0.4 is 4.72 Å². The van der Waals surface area contributed by atoms with Crippen LogP contribution in [0.4, 0.5) is 10.1 Å². The van der Waals surface area contributed by atoms with Gasteiger partial charge < -0.3 is 0 Å². The number of aryl methyl sites for hydroxylation is 1. The molecular weight excluding hydrogens is 307 g/mol. The number of nitrogens with zero attached hydrogens (tertiary/aromatic N) is 1. The van der Waals surface area contributed by atoms with Crippen molar-refractivity contribution in [3.05, 3.63) is 33.6 Å². The van der Waals surface area contributed by atoms with Crippen molar-refractivity contribution in [2.45, 2.75) is 24.3 Å². The molecule has 0 radical (unpaired) electrons. The van der Waals surface area contributed by atoms with Crippen LogP contribution >= 0.6 is 11.8 Å². The molecule has 110 valence electrons. The number of nitro benzene ring substituents is 1. The van der Waals surface area contributed by atoms with Crippen molar-refractivity contribution >= 4 is 27.5 Å². The zero-order valence-electron chi connectivity index (χ0n) is 10.6. The molecule has 0 aliphatic carbocycles. The lowest BCUT2D eigenvalue weighted by molar-refractivity contribution is -0.387. The van der Waals surface area contributed by atoms with Gasteiger partial charge in [-0.2, -0.15) is 16.2 Å². The van der Waals surface area contributed by atoms with E-state index < -0.39 is 26.5 Å². The molecule has 1 unspecified atom stereocenters. The predicted octanol–water partition coefficient (Wildman–Crippen LogP) is 1.83. The van der Waals surface area contributed by atoms with E-state index >= 15 is 0 Å². The van der Waals surface area contributed by atoms with Crippen LogP contribution in [0.1, 0.15) is 12.0 Å². The number of hydrogen-bond acceptors (Lipinski definition) is 5. The quantitative estimate of drug-likeness (QED) is 0.675. The van der Waals surface area contributed by atoms with Crippen LogP contribution in [-0.4, -0.2) is 30.9 Å². The molecule has 0 amide bonds. The molecule has 6 nitrogen and oxygen atoms in total. The average molecular weight is 320 g/mol. The van der Waals surface area contributed by atoms with Crippen LogP contribution in [0.25, 0.3) is 0 Å². The summed E-state index contributed by atoms with van der Waals surface area (Å²) in [6.45, 7) is 1.41. The summed E-state index contributed by atoms with van der Waals surface area (Å²) in [4.78, 5) is 9.52. The Morgan fingerprint density at radius 2 is 2.20 bits per heavy atom. The summed E-state index contributed by atoms with van der Waals surface area (Å²) in [6, 6.07) is 1.46. The predicted molar refractivity (Wildman–Crippen MR) is 73.8 cm³/mol. The minimum absolute atomic E-state index is 0.145. The Hall–Kier alpha value is -1.19. The van der Waals surface area contributed by atoms with E-state index in [1.807, 2.05) is 0 Å². The lowest BCUT2D eigenvalue weighted by atomic mass is 10.2. The van der Waals surface area contributed by atoms with Crippen molar-refractivity contribution in [3.63, 3.8) is 0 Å². The zero-order chi connectivity index (χ0) is 14.9. The molecule has 1 fully saturated rings. The Labute approximate surface area is 120 Å². The Balaban J connectivity index is 2.40. The standard InChI is InChI=1S/C11H13FN2O4S2/c1-7-4-9(12)10(14(15)16)5-11(7)20(17,18)13-8-2-3-19-6-8/h4-5,8,13H,2-3,6H2,1H3. The van der Waals surface area contributed by atoms with E-state index in [0.717, 1.165) is 17.9 Å². The molecule has 0 spiro atoms. The first kappa shape index (κ1) is 15.2. The lowest BCUT2D eigenvalue weighted by Gasteiger charge is -2.13. The molecule has 1 atom stereocenters. The molecule has 1 aromatic rings. The van der Waals surface area contributed by atoms with Gasteiger partial charge in [0.2, 0.25) is 15.8 Å². The molecule has 2 rings (SSSR count). The highest BCUT2D eigenvalue weighted by Gasteiger charge is 2.27.